The lowest BCUT2D eigenvalue weighted by Crippen LogP contribution is -2.37. The molecule has 2 N–H and O–H groups in total. The molecule has 0 aromatic heterocycles. The molecule has 1 aromatic carbocycles. The molecule has 0 bridgehead atoms. The molecule has 0 amide bonds. The standard InChI is InChI=1S/C19H31N3O3.HI/c1-15-7-8-16(13-22-19(20-2)21-9-5-10-23-3)18(12-15)25-14-17-6-4-11-24-17;/h7-8,12,17H,4-6,9-11,13-14H2,1-3H3,(H2,20,21,22);1H. The molecular weight excluding hydrogens is 445 g/mol. The normalized spacial score (nSPS) is 16.9. The fourth-order valence-corrected chi connectivity index (χ4v) is 2.72. The van der Waals surface area contributed by atoms with Gasteiger partial charge in [-0.3, -0.25) is 4.99 Å². The molecule has 1 heterocycles. The molecule has 26 heavy (non-hydrogen) atoms. The molecule has 6 nitrogen and oxygen atoms in total. The SMILES string of the molecule is CN=C(NCCCOC)NCc1ccc(C)cc1OCC1CCCO1.I. The number of guanidine groups is 1. The highest BCUT2D eigenvalue weighted by molar-refractivity contribution is 14.0. The van der Waals surface area contributed by atoms with Gasteiger partial charge in [0.1, 0.15) is 12.4 Å². The fraction of sp³-hybridized carbons (Fsp3) is 0.632. The first kappa shape index (κ1) is 23.0. The Labute approximate surface area is 174 Å². The summed E-state index contributed by atoms with van der Waals surface area (Å²) in [6.07, 6.45) is 3.37. The number of rotatable bonds is 9. The summed E-state index contributed by atoms with van der Waals surface area (Å²) in [5, 5.41) is 6.62. The highest BCUT2D eigenvalue weighted by Crippen LogP contribution is 2.22. The zero-order chi connectivity index (χ0) is 17.9. The first-order chi connectivity index (χ1) is 12.2. The van der Waals surface area contributed by atoms with Gasteiger partial charge in [-0.05, 0) is 37.8 Å². The Balaban J connectivity index is 0.00000338. The van der Waals surface area contributed by atoms with Gasteiger partial charge in [0.25, 0.3) is 0 Å². The molecule has 1 aromatic rings. The van der Waals surface area contributed by atoms with E-state index in [1.165, 1.54) is 5.56 Å². The molecule has 1 aliphatic rings. The van der Waals surface area contributed by atoms with Crippen LogP contribution >= 0.6 is 24.0 Å². The lowest BCUT2D eigenvalue weighted by molar-refractivity contribution is 0.0676. The largest absolute Gasteiger partial charge is 0.491 e. The van der Waals surface area contributed by atoms with Crippen molar-refractivity contribution < 1.29 is 14.2 Å². The van der Waals surface area contributed by atoms with Crippen LogP contribution in [0.2, 0.25) is 0 Å². The van der Waals surface area contributed by atoms with Gasteiger partial charge in [-0.1, -0.05) is 12.1 Å². The summed E-state index contributed by atoms with van der Waals surface area (Å²) < 4.78 is 16.7. The molecule has 1 fully saturated rings. The lowest BCUT2D eigenvalue weighted by atomic mass is 10.1. The average molecular weight is 477 g/mol. The van der Waals surface area contributed by atoms with Crippen LogP contribution in [0.5, 0.6) is 5.75 Å². The molecule has 1 aliphatic heterocycles. The molecule has 1 unspecified atom stereocenters. The summed E-state index contributed by atoms with van der Waals surface area (Å²) >= 11 is 0. The molecule has 0 saturated carbocycles. The lowest BCUT2D eigenvalue weighted by Gasteiger charge is -2.17. The van der Waals surface area contributed by atoms with Crippen molar-refractivity contribution >= 4 is 29.9 Å². The number of aryl methyl sites for hydroxylation is 1. The van der Waals surface area contributed by atoms with Gasteiger partial charge in [0.15, 0.2) is 5.96 Å². The zero-order valence-electron chi connectivity index (χ0n) is 16.0. The summed E-state index contributed by atoms with van der Waals surface area (Å²) in [5.41, 5.74) is 2.30. The minimum Gasteiger partial charge on any atom is -0.491 e. The molecule has 1 saturated heterocycles. The third-order valence-corrected chi connectivity index (χ3v) is 4.16. The number of aliphatic imine (C=N–C) groups is 1. The van der Waals surface area contributed by atoms with E-state index in [0.717, 1.165) is 56.3 Å². The maximum Gasteiger partial charge on any atom is 0.191 e. The monoisotopic (exact) mass is 477 g/mol. The second-order valence-corrected chi connectivity index (χ2v) is 6.26. The number of nitrogens with zero attached hydrogens (tertiary/aromatic N) is 1. The topological polar surface area (TPSA) is 64.1 Å². The van der Waals surface area contributed by atoms with Gasteiger partial charge in [0.05, 0.1) is 6.10 Å². The van der Waals surface area contributed by atoms with Crippen LogP contribution in [-0.2, 0) is 16.0 Å². The van der Waals surface area contributed by atoms with Crippen LogP contribution in [0.4, 0.5) is 0 Å². The van der Waals surface area contributed by atoms with Gasteiger partial charge in [0, 0.05) is 46.0 Å². The van der Waals surface area contributed by atoms with Gasteiger partial charge in [0.2, 0.25) is 0 Å². The molecule has 0 radical (unpaired) electrons. The third-order valence-electron chi connectivity index (χ3n) is 4.16. The Hall–Kier alpha value is -1.06. The zero-order valence-corrected chi connectivity index (χ0v) is 18.4. The first-order valence-corrected chi connectivity index (χ1v) is 9.00. The second-order valence-electron chi connectivity index (χ2n) is 6.26. The van der Waals surface area contributed by atoms with Crippen molar-refractivity contribution in [1.82, 2.24) is 10.6 Å². The molecule has 2 rings (SSSR count). The predicted octanol–water partition coefficient (Wildman–Crippen LogP) is 2.87. The summed E-state index contributed by atoms with van der Waals surface area (Å²) in [7, 11) is 3.48. The number of methoxy groups -OCH3 is 1. The van der Waals surface area contributed by atoms with Gasteiger partial charge in [-0.2, -0.15) is 0 Å². The van der Waals surface area contributed by atoms with E-state index in [1.54, 1.807) is 14.2 Å². The van der Waals surface area contributed by atoms with Crippen molar-refractivity contribution in [1.29, 1.82) is 0 Å². The van der Waals surface area contributed by atoms with Gasteiger partial charge >= 0.3 is 0 Å². The fourth-order valence-electron chi connectivity index (χ4n) is 2.72. The number of nitrogens with one attached hydrogen (secondary N) is 2. The molecular formula is C19H32IN3O3. The molecule has 1 atom stereocenters. The molecule has 0 aliphatic carbocycles. The van der Waals surface area contributed by atoms with Crippen LogP contribution < -0.4 is 15.4 Å². The Morgan fingerprint density at radius 1 is 1.35 bits per heavy atom. The van der Waals surface area contributed by atoms with Crippen molar-refractivity contribution in [3.8, 4) is 5.75 Å². The number of ether oxygens (including phenoxy) is 3. The molecule has 0 spiro atoms. The maximum absolute atomic E-state index is 6.04. The van der Waals surface area contributed by atoms with E-state index in [2.05, 4.69) is 40.7 Å². The predicted molar refractivity (Wildman–Crippen MR) is 116 cm³/mol. The summed E-state index contributed by atoms with van der Waals surface area (Å²) in [6, 6.07) is 6.29. The van der Waals surface area contributed by atoms with Gasteiger partial charge in [-0.25, -0.2) is 0 Å². The van der Waals surface area contributed by atoms with Crippen LogP contribution in [0.15, 0.2) is 23.2 Å². The Bertz CT molecular complexity index is 549. The van der Waals surface area contributed by atoms with Gasteiger partial charge in [-0.15, -0.1) is 24.0 Å². The van der Waals surface area contributed by atoms with E-state index < -0.39 is 0 Å². The van der Waals surface area contributed by atoms with Crippen molar-refractivity contribution in [3.05, 3.63) is 29.3 Å². The quantitative estimate of drug-likeness (QED) is 0.248. The maximum atomic E-state index is 6.04. The Morgan fingerprint density at radius 2 is 2.19 bits per heavy atom. The highest BCUT2D eigenvalue weighted by atomic mass is 127. The second kappa shape index (κ2) is 13.2. The van der Waals surface area contributed by atoms with Gasteiger partial charge < -0.3 is 24.8 Å². The van der Waals surface area contributed by atoms with Crippen LogP contribution in [0.25, 0.3) is 0 Å². The van der Waals surface area contributed by atoms with Crippen molar-refractivity contribution in [2.45, 2.75) is 38.8 Å². The average Bonchev–Trinajstić information content (AvgIpc) is 3.14. The van der Waals surface area contributed by atoms with E-state index in [1.807, 2.05) is 0 Å². The summed E-state index contributed by atoms with van der Waals surface area (Å²) in [6.45, 7) is 5.76. The van der Waals surface area contributed by atoms with Crippen LogP contribution in [0.1, 0.15) is 30.4 Å². The van der Waals surface area contributed by atoms with E-state index in [0.29, 0.717) is 13.2 Å². The van der Waals surface area contributed by atoms with E-state index >= 15 is 0 Å². The van der Waals surface area contributed by atoms with E-state index in [4.69, 9.17) is 14.2 Å². The molecule has 7 heteroatoms. The number of benzene rings is 1. The number of halogens is 1. The van der Waals surface area contributed by atoms with E-state index in [9.17, 15) is 0 Å². The number of hydrogen-bond donors (Lipinski definition) is 2. The van der Waals surface area contributed by atoms with Crippen molar-refractivity contribution in [2.24, 2.45) is 4.99 Å². The summed E-state index contributed by atoms with van der Waals surface area (Å²) in [4.78, 5) is 4.25. The van der Waals surface area contributed by atoms with E-state index in [-0.39, 0.29) is 30.1 Å². The van der Waals surface area contributed by atoms with Crippen LogP contribution in [-0.4, -0.2) is 52.6 Å². The Kier molecular flexibility index (Phi) is 11.6. The smallest absolute Gasteiger partial charge is 0.191 e. The summed E-state index contributed by atoms with van der Waals surface area (Å²) in [5.74, 6) is 1.69. The first-order valence-electron chi connectivity index (χ1n) is 9.00. The Morgan fingerprint density at radius 3 is 2.88 bits per heavy atom. The number of hydrogen-bond acceptors (Lipinski definition) is 4. The third kappa shape index (κ3) is 8.09. The highest BCUT2D eigenvalue weighted by Gasteiger charge is 2.17. The van der Waals surface area contributed by atoms with Crippen molar-refractivity contribution in [3.63, 3.8) is 0 Å². The van der Waals surface area contributed by atoms with Crippen molar-refractivity contribution in [2.75, 3.05) is 40.5 Å². The van der Waals surface area contributed by atoms with Crippen LogP contribution in [0, 0.1) is 6.92 Å². The van der Waals surface area contributed by atoms with Crippen LogP contribution in [0.3, 0.4) is 0 Å². The molecule has 148 valence electrons. The minimum absolute atomic E-state index is 0. The minimum atomic E-state index is 0.